The molecule has 1 aliphatic heterocycles. The molecule has 1 amide bonds. The summed E-state index contributed by atoms with van der Waals surface area (Å²) in [5.41, 5.74) is 3.05. The molecule has 0 radical (unpaired) electrons. The lowest BCUT2D eigenvalue weighted by Gasteiger charge is -2.17. The normalized spacial score (nSPS) is 14.0. The summed E-state index contributed by atoms with van der Waals surface area (Å²) in [6.45, 7) is 2.75. The van der Waals surface area contributed by atoms with Crippen molar-refractivity contribution < 1.29 is 14.7 Å². The van der Waals surface area contributed by atoms with Crippen LogP contribution in [0.5, 0.6) is 0 Å². The summed E-state index contributed by atoms with van der Waals surface area (Å²) in [6.07, 6.45) is 4.50. The third-order valence-corrected chi connectivity index (χ3v) is 4.07. The molecule has 0 fully saturated rings. The summed E-state index contributed by atoms with van der Waals surface area (Å²) in [5, 5.41) is 9.51. The summed E-state index contributed by atoms with van der Waals surface area (Å²) in [6, 6.07) is 5.25. The number of fused-ring (bicyclic) bond motifs is 1. The van der Waals surface area contributed by atoms with Crippen molar-refractivity contribution in [2.24, 2.45) is 0 Å². The Hall–Kier alpha value is -2.76. The predicted molar refractivity (Wildman–Crippen MR) is 84.1 cm³/mol. The zero-order valence-electron chi connectivity index (χ0n) is 12.8. The Morgan fingerprint density at radius 3 is 2.70 bits per heavy atom. The van der Waals surface area contributed by atoms with Crippen LogP contribution in [0.2, 0.25) is 0 Å². The van der Waals surface area contributed by atoms with Crippen LogP contribution in [0.3, 0.4) is 0 Å². The van der Waals surface area contributed by atoms with E-state index in [4.69, 9.17) is 0 Å². The third-order valence-electron chi connectivity index (χ3n) is 4.07. The molecule has 3 rings (SSSR count). The van der Waals surface area contributed by atoms with Crippen molar-refractivity contribution >= 4 is 11.9 Å². The Morgan fingerprint density at radius 2 is 2.04 bits per heavy atom. The number of carbonyl (C=O) groups is 2. The first kappa shape index (κ1) is 15.1. The highest BCUT2D eigenvalue weighted by Crippen LogP contribution is 2.25. The van der Waals surface area contributed by atoms with Crippen molar-refractivity contribution in [3.8, 4) is 11.3 Å². The highest BCUT2D eigenvalue weighted by atomic mass is 16.4. The number of hydrogen-bond donors (Lipinski definition) is 1. The number of aromatic carboxylic acids is 1. The van der Waals surface area contributed by atoms with Crippen molar-refractivity contribution in [3.63, 3.8) is 0 Å². The summed E-state index contributed by atoms with van der Waals surface area (Å²) in [7, 11) is 0. The van der Waals surface area contributed by atoms with Crippen LogP contribution in [-0.4, -0.2) is 44.9 Å². The van der Waals surface area contributed by atoms with E-state index in [1.807, 2.05) is 0 Å². The number of amides is 1. The van der Waals surface area contributed by atoms with E-state index in [1.54, 1.807) is 42.4 Å². The number of carboxylic acid groups (broad SMARTS) is 1. The van der Waals surface area contributed by atoms with Gasteiger partial charge in [-0.15, -0.1) is 0 Å². The van der Waals surface area contributed by atoms with Gasteiger partial charge in [0.05, 0.1) is 11.3 Å². The van der Waals surface area contributed by atoms with Crippen molar-refractivity contribution in [2.75, 3.05) is 13.1 Å². The minimum absolute atomic E-state index is 0.0312. The number of pyridine rings is 2. The molecule has 3 heterocycles. The fourth-order valence-electron chi connectivity index (χ4n) is 2.83. The highest BCUT2D eigenvalue weighted by molar-refractivity contribution is 5.95. The minimum Gasteiger partial charge on any atom is -0.478 e. The molecule has 1 aliphatic rings. The molecular weight excluding hydrogens is 294 g/mol. The average Bonchev–Trinajstić information content (AvgIpc) is 2.76. The van der Waals surface area contributed by atoms with Gasteiger partial charge in [0.2, 0.25) is 5.91 Å². The van der Waals surface area contributed by atoms with Gasteiger partial charge in [-0.1, -0.05) is 0 Å². The standard InChI is InChI=1S/C17H17N3O3/c1-11(21)20-7-4-12-9-14(17(22)23)16(19-15(12)5-8-20)13-3-2-6-18-10-13/h2-3,6,9-10H,4-5,7-8H2,1H3,(H,22,23). The second-order valence-electron chi connectivity index (χ2n) is 5.54. The van der Waals surface area contributed by atoms with E-state index < -0.39 is 5.97 Å². The second kappa shape index (κ2) is 6.16. The molecule has 6 nitrogen and oxygen atoms in total. The van der Waals surface area contributed by atoms with Crippen LogP contribution in [-0.2, 0) is 17.6 Å². The van der Waals surface area contributed by atoms with Gasteiger partial charge < -0.3 is 10.0 Å². The van der Waals surface area contributed by atoms with Crippen LogP contribution in [0.25, 0.3) is 11.3 Å². The molecule has 0 spiro atoms. The van der Waals surface area contributed by atoms with E-state index >= 15 is 0 Å². The van der Waals surface area contributed by atoms with Gasteiger partial charge in [-0.2, -0.15) is 0 Å². The number of rotatable bonds is 2. The summed E-state index contributed by atoms with van der Waals surface area (Å²) < 4.78 is 0. The van der Waals surface area contributed by atoms with E-state index in [0.29, 0.717) is 37.2 Å². The van der Waals surface area contributed by atoms with Crippen molar-refractivity contribution in [1.29, 1.82) is 0 Å². The second-order valence-corrected chi connectivity index (χ2v) is 5.54. The molecule has 1 N–H and O–H groups in total. The Balaban J connectivity index is 2.06. The largest absolute Gasteiger partial charge is 0.478 e. The topological polar surface area (TPSA) is 83.4 Å². The minimum atomic E-state index is -1.01. The molecule has 2 aromatic heterocycles. The fraction of sp³-hybridized carbons (Fsp3) is 0.294. The van der Waals surface area contributed by atoms with Crippen molar-refractivity contribution in [1.82, 2.24) is 14.9 Å². The van der Waals surface area contributed by atoms with E-state index in [9.17, 15) is 14.7 Å². The van der Waals surface area contributed by atoms with Gasteiger partial charge in [0.25, 0.3) is 0 Å². The first-order valence-corrected chi connectivity index (χ1v) is 7.48. The predicted octanol–water partition coefficient (Wildman–Crippen LogP) is 1.79. The lowest BCUT2D eigenvalue weighted by atomic mass is 10.0. The van der Waals surface area contributed by atoms with Crippen LogP contribution < -0.4 is 0 Å². The SMILES string of the molecule is CC(=O)N1CCc2cc(C(=O)O)c(-c3cccnc3)nc2CC1. The Labute approximate surface area is 133 Å². The van der Waals surface area contributed by atoms with Crippen molar-refractivity contribution in [2.45, 2.75) is 19.8 Å². The maximum absolute atomic E-state index is 11.6. The maximum atomic E-state index is 11.6. The molecule has 2 aromatic rings. The first-order valence-electron chi connectivity index (χ1n) is 7.48. The summed E-state index contributed by atoms with van der Waals surface area (Å²) in [5.74, 6) is -0.976. The lowest BCUT2D eigenvalue weighted by molar-refractivity contribution is -0.128. The first-order chi connectivity index (χ1) is 11.1. The Bertz CT molecular complexity index is 759. The number of hydrogen-bond acceptors (Lipinski definition) is 4. The molecule has 0 unspecified atom stereocenters. The van der Waals surface area contributed by atoms with E-state index in [2.05, 4.69) is 9.97 Å². The Morgan fingerprint density at radius 1 is 1.26 bits per heavy atom. The smallest absolute Gasteiger partial charge is 0.337 e. The van der Waals surface area contributed by atoms with Crippen LogP contribution in [0.4, 0.5) is 0 Å². The van der Waals surface area contributed by atoms with Crippen LogP contribution >= 0.6 is 0 Å². The summed E-state index contributed by atoms with van der Waals surface area (Å²) in [4.78, 5) is 33.6. The monoisotopic (exact) mass is 311 g/mol. The quantitative estimate of drug-likeness (QED) is 0.914. The third kappa shape index (κ3) is 3.06. The molecule has 0 aromatic carbocycles. The zero-order chi connectivity index (χ0) is 16.4. The molecule has 118 valence electrons. The molecule has 0 bridgehead atoms. The van der Waals surface area contributed by atoms with E-state index in [-0.39, 0.29) is 11.5 Å². The average molecular weight is 311 g/mol. The number of nitrogens with zero attached hydrogens (tertiary/aromatic N) is 3. The molecule has 0 saturated carbocycles. The lowest BCUT2D eigenvalue weighted by Crippen LogP contribution is -2.30. The van der Waals surface area contributed by atoms with E-state index in [0.717, 1.165) is 11.3 Å². The van der Waals surface area contributed by atoms with Gasteiger partial charge in [0.1, 0.15) is 0 Å². The van der Waals surface area contributed by atoms with Gasteiger partial charge in [-0.05, 0) is 30.2 Å². The fourth-order valence-corrected chi connectivity index (χ4v) is 2.83. The van der Waals surface area contributed by atoms with Crippen molar-refractivity contribution in [3.05, 3.63) is 47.4 Å². The molecule has 23 heavy (non-hydrogen) atoms. The zero-order valence-corrected chi connectivity index (χ0v) is 12.8. The van der Waals surface area contributed by atoms with Gasteiger partial charge in [-0.3, -0.25) is 14.8 Å². The molecule has 0 aliphatic carbocycles. The van der Waals surface area contributed by atoms with Gasteiger partial charge >= 0.3 is 5.97 Å². The van der Waals surface area contributed by atoms with Crippen LogP contribution in [0.1, 0.15) is 28.5 Å². The maximum Gasteiger partial charge on any atom is 0.337 e. The molecular formula is C17H17N3O3. The van der Waals surface area contributed by atoms with E-state index in [1.165, 1.54) is 0 Å². The molecule has 6 heteroatoms. The number of carboxylic acids is 1. The van der Waals surface area contributed by atoms with Gasteiger partial charge in [-0.25, -0.2) is 4.79 Å². The van der Waals surface area contributed by atoms with Crippen LogP contribution in [0, 0.1) is 0 Å². The van der Waals surface area contributed by atoms with Gasteiger partial charge in [0, 0.05) is 50.1 Å². The highest BCUT2D eigenvalue weighted by Gasteiger charge is 2.22. The molecule has 0 saturated heterocycles. The molecule has 0 atom stereocenters. The Kier molecular flexibility index (Phi) is 4.06. The number of carbonyl (C=O) groups excluding carboxylic acids is 1. The summed E-state index contributed by atoms with van der Waals surface area (Å²) >= 11 is 0. The van der Waals surface area contributed by atoms with Gasteiger partial charge in [0.15, 0.2) is 0 Å². The number of aromatic nitrogens is 2. The van der Waals surface area contributed by atoms with Crippen LogP contribution in [0.15, 0.2) is 30.6 Å².